The maximum Gasteiger partial charge on any atom is 0.573 e. The molecule has 0 saturated carbocycles. The predicted molar refractivity (Wildman–Crippen MR) is 109 cm³/mol. The number of halogens is 4. The van der Waals surface area contributed by atoms with Crippen molar-refractivity contribution in [3.05, 3.63) is 70.5 Å². The molecule has 0 unspecified atom stereocenters. The first-order valence-electron chi connectivity index (χ1n) is 9.18. The van der Waals surface area contributed by atoms with Crippen molar-refractivity contribution in [1.82, 2.24) is 25.0 Å². The van der Waals surface area contributed by atoms with Crippen LogP contribution in [0.15, 0.2) is 48.5 Å². The summed E-state index contributed by atoms with van der Waals surface area (Å²) in [7, 11) is 0. The number of fused-ring (bicyclic) bond motifs is 1. The van der Waals surface area contributed by atoms with Crippen LogP contribution in [-0.4, -0.2) is 31.3 Å². The van der Waals surface area contributed by atoms with E-state index in [4.69, 9.17) is 11.6 Å². The van der Waals surface area contributed by atoms with Gasteiger partial charge in [-0.1, -0.05) is 47.1 Å². The van der Waals surface area contributed by atoms with Crippen molar-refractivity contribution in [2.24, 2.45) is 0 Å². The van der Waals surface area contributed by atoms with Crippen LogP contribution in [0.2, 0.25) is 5.02 Å². The number of rotatable bonds is 6. The summed E-state index contributed by atoms with van der Waals surface area (Å²) in [4.78, 5) is 8.83. The first-order valence-corrected chi connectivity index (χ1v) is 9.56. The van der Waals surface area contributed by atoms with Gasteiger partial charge in [0.1, 0.15) is 11.6 Å². The summed E-state index contributed by atoms with van der Waals surface area (Å²) in [6.07, 6.45) is -4.72. The summed E-state index contributed by atoms with van der Waals surface area (Å²) in [5.41, 5.74) is 2.64. The lowest BCUT2D eigenvalue weighted by molar-refractivity contribution is -0.274. The van der Waals surface area contributed by atoms with Gasteiger partial charge in [-0.05, 0) is 36.2 Å². The van der Waals surface area contributed by atoms with Gasteiger partial charge in [-0.3, -0.25) is 0 Å². The standard InChI is InChI=1S/C20H16ClF3N6O/c1-12-26-18(25-10-13-6-8-15(9-7-13)31-20(22,23)24)17-19(27-12)30(29-28-17)11-14-4-2-3-5-16(14)21/h2-9H,10-11H2,1H3,(H,25,26,27). The SMILES string of the molecule is Cc1nc(NCc2ccc(OC(F)(F)F)cc2)c2nnn(Cc3ccccc3Cl)c2n1. The molecule has 1 N–H and O–H groups in total. The highest BCUT2D eigenvalue weighted by atomic mass is 35.5. The van der Waals surface area contributed by atoms with Gasteiger partial charge in [0.15, 0.2) is 17.0 Å². The Hall–Kier alpha value is -3.40. The summed E-state index contributed by atoms with van der Waals surface area (Å²) >= 11 is 6.24. The van der Waals surface area contributed by atoms with Crippen LogP contribution in [0.25, 0.3) is 11.2 Å². The molecule has 0 saturated heterocycles. The molecule has 0 aliphatic heterocycles. The van der Waals surface area contributed by atoms with E-state index in [1.54, 1.807) is 17.7 Å². The Labute approximate surface area is 179 Å². The number of nitrogens with zero attached hydrogens (tertiary/aromatic N) is 5. The smallest absolute Gasteiger partial charge is 0.406 e. The van der Waals surface area contributed by atoms with E-state index in [1.165, 1.54) is 24.3 Å². The quantitative estimate of drug-likeness (QED) is 0.459. The lowest BCUT2D eigenvalue weighted by Crippen LogP contribution is -2.17. The van der Waals surface area contributed by atoms with Gasteiger partial charge in [0, 0.05) is 11.6 Å². The van der Waals surface area contributed by atoms with Crippen molar-refractivity contribution in [1.29, 1.82) is 0 Å². The molecule has 4 rings (SSSR count). The molecule has 2 aromatic heterocycles. The first kappa shape index (κ1) is 20.9. The molecular weight excluding hydrogens is 433 g/mol. The molecule has 0 radical (unpaired) electrons. The fourth-order valence-electron chi connectivity index (χ4n) is 2.98. The number of anilines is 1. The second kappa shape index (κ2) is 8.38. The minimum atomic E-state index is -4.72. The Kier molecular flexibility index (Phi) is 5.64. The zero-order valence-electron chi connectivity index (χ0n) is 16.2. The van der Waals surface area contributed by atoms with Crippen molar-refractivity contribution in [2.45, 2.75) is 26.4 Å². The van der Waals surface area contributed by atoms with Gasteiger partial charge in [-0.15, -0.1) is 18.3 Å². The second-order valence-corrected chi connectivity index (χ2v) is 7.08. The summed E-state index contributed by atoms with van der Waals surface area (Å²) in [6, 6.07) is 13.0. The van der Waals surface area contributed by atoms with E-state index in [-0.39, 0.29) is 5.75 Å². The van der Waals surface area contributed by atoms with Gasteiger partial charge in [0.05, 0.1) is 6.54 Å². The molecule has 0 spiro atoms. The number of hydrogen-bond acceptors (Lipinski definition) is 6. The predicted octanol–water partition coefficient (Wildman–Crippen LogP) is 4.74. The molecule has 2 aromatic carbocycles. The summed E-state index contributed by atoms with van der Waals surface area (Å²) in [5, 5.41) is 12.1. The van der Waals surface area contributed by atoms with Crippen LogP contribution in [0.1, 0.15) is 17.0 Å². The Morgan fingerprint density at radius 1 is 1.06 bits per heavy atom. The molecule has 0 fully saturated rings. The highest BCUT2D eigenvalue weighted by molar-refractivity contribution is 6.31. The van der Waals surface area contributed by atoms with E-state index in [2.05, 4.69) is 30.3 Å². The molecular formula is C20H16ClF3N6O. The zero-order valence-corrected chi connectivity index (χ0v) is 16.9. The number of aromatic nitrogens is 5. The van der Waals surface area contributed by atoms with Crippen LogP contribution in [-0.2, 0) is 13.1 Å². The average molecular weight is 449 g/mol. The maximum absolute atomic E-state index is 12.3. The van der Waals surface area contributed by atoms with Gasteiger partial charge in [-0.25, -0.2) is 14.6 Å². The lowest BCUT2D eigenvalue weighted by atomic mass is 10.2. The van der Waals surface area contributed by atoms with Crippen LogP contribution in [0.5, 0.6) is 5.75 Å². The third-order valence-corrected chi connectivity index (χ3v) is 4.74. The Morgan fingerprint density at radius 3 is 2.52 bits per heavy atom. The van der Waals surface area contributed by atoms with E-state index in [0.29, 0.717) is 40.9 Å². The third kappa shape index (κ3) is 5.02. The summed E-state index contributed by atoms with van der Waals surface area (Å²) in [6.45, 7) is 2.46. The summed E-state index contributed by atoms with van der Waals surface area (Å²) in [5.74, 6) is 0.717. The van der Waals surface area contributed by atoms with Crippen molar-refractivity contribution in [2.75, 3.05) is 5.32 Å². The number of ether oxygens (including phenoxy) is 1. The fraction of sp³-hybridized carbons (Fsp3) is 0.200. The summed E-state index contributed by atoms with van der Waals surface area (Å²) < 4.78 is 42.4. The fourth-order valence-corrected chi connectivity index (χ4v) is 3.17. The van der Waals surface area contributed by atoms with Crippen LogP contribution >= 0.6 is 11.6 Å². The lowest BCUT2D eigenvalue weighted by Gasteiger charge is -2.10. The maximum atomic E-state index is 12.3. The van der Waals surface area contributed by atoms with E-state index >= 15 is 0 Å². The van der Waals surface area contributed by atoms with Crippen LogP contribution in [0, 0.1) is 6.92 Å². The number of benzene rings is 2. The van der Waals surface area contributed by atoms with E-state index < -0.39 is 6.36 Å². The highest BCUT2D eigenvalue weighted by Crippen LogP contribution is 2.24. The molecule has 0 aliphatic carbocycles. The monoisotopic (exact) mass is 448 g/mol. The number of aryl methyl sites for hydroxylation is 1. The normalized spacial score (nSPS) is 11.6. The minimum Gasteiger partial charge on any atom is -0.406 e. The molecule has 0 atom stereocenters. The topological polar surface area (TPSA) is 77.8 Å². The van der Waals surface area contributed by atoms with E-state index in [0.717, 1.165) is 11.1 Å². The molecule has 7 nitrogen and oxygen atoms in total. The van der Waals surface area contributed by atoms with Crippen molar-refractivity contribution < 1.29 is 17.9 Å². The Morgan fingerprint density at radius 2 is 1.81 bits per heavy atom. The van der Waals surface area contributed by atoms with Crippen LogP contribution < -0.4 is 10.1 Å². The number of alkyl halides is 3. The average Bonchev–Trinajstić information content (AvgIpc) is 3.10. The highest BCUT2D eigenvalue weighted by Gasteiger charge is 2.30. The van der Waals surface area contributed by atoms with Crippen molar-refractivity contribution >= 4 is 28.6 Å². The van der Waals surface area contributed by atoms with Gasteiger partial charge in [0.25, 0.3) is 0 Å². The number of hydrogen-bond donors (Lipinski definition) is 1. The van der Waals surface area contributed by atoms with E-state index in [1.807, 2.05) is 18.2 Å². The first-order chi connectivity index (χ1) is 14.8. The van der Waals surface area contributed by atoms with Crippen molar-refractivity contribution in [3.63, 3.8) is 0 Å². The van der Waals surface area contributed by atoms with E-state index in [9.17, 15) is 13.2 Å². The van der Waals surface area contributed by atoms with Gasteiger partial charge >= 0.3 is 6.36 Å². The molecule has 0 amide bonds. The third-order valence-electron chi connectivity index (χ3n) is 4.37. The molecule has 0 aliphatic rings. The Bertz CT molecular complexity index is 1210. The molecule has 4 aromatic rings. The van der Waals surface area contributed by atoms with Gasteiger partial charge in [-0.2, -0.15) is 0 Å². The molecule has 2 heterocycles. The largest absolute Gasteiger partial charge is 0.573 e. The number of nitrogens with one attached hydrogen (secondary N) is 1. The second-order valence-electron chi connectivity index (χ2n) is 6.68. The molecule has 0 bridgehead atoms. The van der Waals surface area contributed by atoms with Gasteiger partial charge in [0.2, 0.25) is 0 Å². The van der Waals surface area contributed by atoms with Crippen molar-refractivity contribution in [3.8, 4) is 5.75 Å². The zero-order chi connectivity index (χ0) is 22.0. The molecule has 31 heavy (non-hydrogen) atoms. The van der Waals surface area contributed by atoms with Crippen LogP contribution in [0.4, 0.5) is 19.0 Å². The van der Waals surface area contributed by atoms with Gasteiger partial charge < -0.3 is 10.1 Å². The Balaban J connectivity index is 1.53. The minimum absolute atomic E-state index is 0.279. The van der Waals surface area contributed by atoms with Crippen LogP contribution in [0.3, 0.4) is 0 Å². The molecule has 11 heteroatoms. The molecule has 160 valence electrons.